The van der Waals surface area contributed by atoms with Crippen LogP contribution in [0.5, 0.6) is 5.75 Å². The number of ether oxygens (including phenoxy) is 1. The Balaban J connectivity index is 2.20. The standard InChI is InChI=1S/C16H14O2/c1-18-15-9-5-8-12-14(17)10-13(16(12)15)11-6-3-2-4-7-11/h2-10,14,17H,1H3/t14-/m1/s1. The van der Waals surface area contributed by atoms with Crippen LogP contribution in [0.2, 0.25) is 0 Å². The molecule has 90 valence electrons. The smallest absolute Gasteiger partial charge is 0.127 e. The first-order valence-electron chi connectivity index (χ1n) is 5.94. The van der Waals surface area contributed by atoms with Gasteiger partial charge in [-0.05, 0) is 28.8 Å². The number of aliphatic hydroxyl groups is 1. The van der Waals surface area contributed by atoms with Crippen molar-refractivity contribution in [3.63, 3.8) is 0 Å². The highest BCUT2D eigenvalue weighted by atomic mass is 16.5. The molecular weight excluding hydrogens is 224 g/mol. The molecule has 0 aliphatic heterocycles. The second kappa shape index (κ2) is 4.31. The van der Waals surface area contributed by atoms with Crippen LogP contribution in [-0.2, 0) is 0 Å². The summed E-state index contributed by atoms with van der Waals surface area (Å²) >= 11 is 0. The van der Waals surface area contributed by atoms with Crippen LogP contribution < -0.4 is 4.74 Å². The molecule has 0 radical (unpaired) electrons. The number of hydrogen-bond acceptors (Lipinski definition) is 2. The van der Waals surface area contributed by atoms with Crippen LogP contribution in [0.15, 0.2) is 54.6 Å². The van der Waals surface area contributed by atoms with Gasteiger partial charge in [0.25, 0.3) is 0 Å². The Kier molecular flexibility index (Phi) is 2.65. The Hall–Kier alpha value is -2.06. The zero-order valence-electron chi connectivity index (χ0n) is 10.1. The predicted octanol–water partition coefficient (Wildman–Crippen LogP) is 3.17. The van der Waals surface area contributed by atoms with Gasteiger partial charge in [-0.1, -0.05) is 42.5 Å². The minimum atomic E-state index is -0.551. The molecule has 0 unspecified atom stereocenters. The van der Waals surface area contributed by atoms with E-state index in [1.54, 1.807) is 7.11 Å². The van der Waals surface area contributed by atoms with Gasteiger partial charge in [0.2, 0.25) is 0 Å². The summed E-state index contributed by atoms with van der Waals surface area (Å²) in [7, 11) is 1.66. The van der Waals surface area contributed by atoms with Crippen LogP contribution >= 0.6 is 0 Å². The molecule has 3 rings (SSSR count). The number of fused-ring (bicyclic) bond motifs is 1. The van der Waals surface area contributed by atoms with E-state index in [4.69, 9.17) is 4.74 Å². The van der Waals surface area contributed by atoms with E-state index in [1.807, 2.05) is 54.6 Å². The van der Waals surface area contributed by atoms with Crippen molar-refractivity contribution in [1.82, 2.24) is 0 Å². The molecule has 0 bridgehead atoms. The van der Waals surface area contributed by atoms with E-state index in [1.165, 1.54) is 0 Å². The lowest BCUT2D eigenvalue weighted by Crippen LogP contribution is -1.95. The lowest BCUT2D eigenvalue weighted by Gasteiger charge is -2.11. The number of methoxy groups -OCH3 is 1. The van der Waals surface area contributed by atoms with Gasteiger partial charge in [-0.3, -0.25) is 0 Å². The zero-order chi connectivity index (χ0) is 12.5. The molecule has 0 heterocycles. The van der Waals surface area contributed by atoms with Gasteiger partial charge >= 0.3 is 0 Å². The summed E-state index contributed by atoms with van der Waals surface area (Å²) in [5.74, 6) is 0.805. The molecule has 2 nitrogen and oxygen atoms in total. The fourth-order valence-electron chi connectivity index (χ4n) is 2.44. The van der Waals surface area contributed by atoms with Crippen molar-refractivity contribution in [2.24, 2.45) is 0 Å². The Labute approximate surface area is 106 Å². The zero-order valence-corrected chi connectivity index (χ0v) is 10.1. The predicted molar refractivity (Wildman–Crippen MR) is 71.5 cm³/mol. The second-order valence-corrected chi connectivity index (χ2v) is 4.32. The molecule has 0 fully saturated rings. The van der Waals surface area contributed by atoms with Crippen molar-refractivity contribution in [2.75, 3.05) is 7.11 Å². The van der Waals surface area contributed by atoms with Crippen LogP contribution in [0.1, 0.15) is 22.8 Å². The maximum Gasteiger partial charge on any atom is 0.127 e. The molecule has 2 aromatic carbocycles. The number of benzene rings is 2. The molecule has 0 aromatic heterocycles. The van der Waals surface area contributed by atoms with E-state index in [9.17, 15) is 5.11 Å². The highest BCUT2D eigenvalue weighted by molar-refractivity contribution is 5.88. The van der Waals surface area contributed by atoms with Gasteiger partial charge in [-0.2, -0.15) is 0 Å². The van der Waals surface area contributed by atoms with Gasteiger partial charge in [-0.25, -0.2) is 0 Å². The van der Waals surface area contributed by atoms with E-state index in [2.05, 4.69) is 0 Å². The molecule has 0 saturated heterocycles. The van der Waals surface area contributed by atoms with E-state index in [0.717, 1.165) is 28.0 Å². The quantitative estimate of drug-likeness (QED) is 0.870. The maximum atomic E-state index is 10.1. The summed E-state index contributed by atoms with van der Waals surface area (Å²) in [6.45, 7) is 0. The number of hydrogen-bond donors (Lipinski definition) is 1. The van der Waals surface area contributed by atoms with Crippen LogP contribution in [0.3, 0.4) is 0 Å². The van der Waals surface area contributed by atoms with E-state index in [-0.39, 0.29) is 0 Å². The summed E-state index contributed by atoms with van der Waals surface area (Å²) < 4.78 is 5.41. The summed E-state index contributed by atoms with van der Waals surface area (Å²) in [5.41, 5.74) is 4.04. The summed E-state index contributed by atoms with van der Waals surface area (Å²) in [6.07, 6.45) is 1.33. The minimum Gasteiger partial charge on any atom is -0.496 e. The molecule has 0 saturated carbocycles. The SMILES string of the molecule is COc1cccc2c1C(c1ccccc1)=C[C@H]2O. The molecule has 2 heteroatoms. The van der Waals surface area contributed by atoms with Crippen molar-refractivity contribution < 1.29 is 9.84 Å². The highest BCUT2D eigenvalue weighted by Crippen LogP contribution is 2.42. The molecule has 18 heavy (non-hydrogen) atoms. The Morgan fingerprint density at radius 3 is 2.50 bits per heavy atom. The third kappa shape index (κ3) is 1.62. The molecule has 1 N–H and O–H groups in total. The number of rotatable bonds is 2. The van der Waals surface area contributed by atoms with E-state index in [0.29, 0.717) is 0 Å². The van der Waals surface area contributed by atoms with Gasteiger partial charge in [0.15, 0.2) is 0 Å². The normalized spacial score (nSPS) is 17.2. The minimum absolute atomic E-state index is 0.551. The van der Waals surface area contributed by atoms with Gasteiger partial charge < -0.3 is 9.84 Å². The first kappa shape index (κ1) is 11.1. The van der Waals surface area contributed by atoms with Crippen molar-refractivity contribution in [2.45, 2.75) is 6.10 Å². The Morgan fingerprint density at radius 2 is 1.78 bits per heavy atom. The average Bonchev–Trinajstić information content (AvgIpc) is 2.77. The average molecular weight is 238 g/mol. The van der Waals surface area contributed by atoms with Gasteiger partial charge in [0.1, 0.15) is 5.75 Å². The Bertz CT molecular complexity index is 600. The molecular formula is C16H14O2. The van der Waals surface area contributed by atoms with Crippen LogP contribution in [0, 0.1) is 0 Å². The van der Waals surface area contributed by atoms with Crippen molar-refractivity contribution in [1.29, 1.82) is 0 Å². The van der Waals surface area contributed by atoms with Gasteiger partial charge in [0.05, 0.1) is 13.2 Å². The molecule has 1 aliphatic rings. The first-order valence-corrected chi connectivity index (χ1v) is 5.94. The second-order valence-electron chi connectivity index (χ2n) is 4.32. The Morgan fingerprint density at radius 1 is 1.00 bits per heavy atom. The van der Waals surface area contributed by atoms with E-state index < -0.39 is 6.10 Å². The van der Waals surface area contributed by atoms with Crippen molar-refractivity contribution >= 4 is 5.57 Å². The maximum absolute atomic E-state index is 10.1. The lowest BCUT2D eigenvalue weighted by atomic mass is 9.98. The summed E-state index contributed by atoms with van der Waals surface area (Å²) in [6, 6.07) is 15.8. The third-order valence-corrected chi connectivity index (χ3v) is 3.28. The van der Waals surface area contributed by atoms with Crippen LogP contribution in [-0.4, -0.2) is 12.2 Å². The molecule has 0 spiro atoms. The lowest BCUT2D eigenvalue weighted by molar-refractivity contribution is 0.231. The molecule has 0 amide bonds. The largest absolute Gasteiger partial charge is 0.496 e. The fourth-order valence-corrected chi connectivity index (χ4v) is 2.44. The summed E-state index contributed by atoms with van der Waals surface area (Å²) in [5, 5.41) is 10.1. The molecule has 1 aliphatic carbocycles. The van der Waals surface area contributed by atoms with Crippen LogP contribution in [0.25, 0.3) is 5.57 Å². The third-order valence-electron chi connectivity index (χ3n) is 3.28. The van der Waals surface area contributed by atoms with E-state index >= 15 is 0 Å². The van der Waals surface area contributed by atoms with Crippen LogP contribution in [0.4, 0.5) is 0 Å². The topological polar surface area (TPSA) is 29.5 Å². The van der Waals surface area contributed by atoms with Crippen molar-refractivity contribution in [3.8, 4) is 5.75 Å². The molecule has 1 atom stereocenters. The van der Waals surface area contributed by atoms with Crippen molar-refractivity contribution in [3.05, 3.63) is 71.3 Å². The highest BCUT2D eigenvalue weighted by Gasteiger charge is 2.25. The molecule has 2 aromatic rings. The monoisotopic (exact) mass is 238 g/mol. The van der Waals surface area contributed by atoms with Gasteiger partial charge in [-0.15, -0.1) is 0 Å². The first-order chi connectivity index (χ1) is 8.81. The fraction of sp³-hybridized carbons (Fsp3) is 0.125. The summed E-state index contributed by atoms with van der Waals surface area (Å²) in [4.78, 5) is 0. The van der Waals surface area contributed by atoms with Gasteiger partial charge in [0, 0.05) is 5.56 Å². The number of aliphatic hydroxyl groups excluding tert-OH is 1.